The molecule has 0 bridgehead atoms. The first-order chi connectivity index (χ1) is 11.6. The summed E-state index contributed by atoms with van der Waals surface area (Å²) in [6.45, 7) is 3.84. The zero-order valence-corrected chi connectivity index (χ0v) is 14.5. The number of aryl methyl sites for hydroxylation is 1. The maximum absolute atomic E-state index is 12.1. The van der Waals surface area contributed by atoms with Gasteiger partial charge in [-0.2, -0.15) is 5.10 Å². The van der Waals surface area contributed by atoms with E-state index in [1.807, 2.05) is 48.1 Å². The third-order valence-corrected chi connectivity index (χ3v) is 5.82. The minimum Gasteiger partial charge on any atom is -0.283 e. The van der Waals surface area contributed by atoms with Crippen molar-refractivity contribution in [1.82, 2.24) is 14.7 Å². The van der Waals surface area contributed by atoms with Crippen molar-refractivity contribution in [2.24, 2.45) is 0 Å². The van der Waals surface area contributed by atoms with Gasteiger partial charge in [-0.05, 0) is 19.1 Å². The van der Waals surface area contributed by atoms with Gasteiger partial charge < -0.3 is 0 Å². The summed E-state index contributed by atoms with van der Waals surface area (Å²) in [5, 5.41) is 4.28. The van der Waals surface area contributed by atoms with E-state index < -0.39 is 9.84 Å². The molecule has 0 spiro atoms. The molecule has 0 N–H and O–H groups in total. The van der Waals surface area contributed by atoms with Gasteiger partial charge in [-0.1, -0.05) is 30.0 Å². The minimum atomic E-state index is -3.01. The average Bonchev–Trinajstić information content (AvgIpc) is 3.06. The van der Waals surface area contributed by atoms with Gasteiger partial charge in [0.25, 0.3) is 0 Å². The van der Waals surface area contributed by atoms with E-state index in [4.69, 9.17) is 0 Å². The van der Waals surface area contributed by atoms with E-state index in [1.54, 1.807) is 6.20 Å². The van der Waals surface area contributed by atoms with E-state index >= 15 is 0 Å². The third kappa shape index (κ3) is 4.05. The molecule has 1 aliphatic heterocycles. The molecule has 24 heavy (non-hydrogen) atoms. The van der Waals surface area contributed by atoms with E-state index in [9.17, 15) is 8.42 Å². The van der Waals surface area contributed by atoms with Crippen LogP contribution in [-0.4, -0.2) is 47.7 Å². The summed E-state index contributed by atoms with van der Waals surface area (Å²) in [5.74, 6) is 6.64. The molecule has 5 nitrogen and oxygen atoms in total. The van der Waals surface area contributed by atoms with E-state index in [-0.39, 0.29) is 17.5 Å². The molecular formula is C18H21N3O2S. The summed E-state index contributed by atoms with van der Waals surface area (Å²) >= 11 is 0. The van der Waals surface area contributed by atoms with Gasteiger partial charge in [-0.3, -0.25) is 9.58 Å². The summed E-state index contributed by atoms with van der Waals surface area (Å²) in [4.78, 5) is 2.13. The molecule has 2 aromatic rings. The zero-order valence-electron chi connectivity index (χ0n) is 13.7. The van der Waals surface area contributed by atoms with Crippen LogP contribution in [0.2, 0.25) is 0 Å². The van der Waals surface area contributed by atoms with Crippen LogP contribution in [0.25, 0.3) is 0 Å². The van der Waals surface area contributed by atoms with E-state index in [0.717, 1.165) is 17.7 Å². The van der Waals surface area contributed by atoms with Crippen LogP contribution in [0.5, 0.6) is 0 Å². The second-order valence-electron chi connectivity index (χ2n) is 5.90. The Hall–Kier alpha value is -2.10. The van der Waals surface area contributed by atoms with Gasteiger partial charge in [0, 0.05) is 30.4 Å². The summed E-state index contributed by atoms with van der Waals surface area (Å²) < 4.78 is 25.9. The lowest BCUT2D eigenvalue weighted by atomic mass is 10.1. The number of hydrogen-bond acceptors (Lipinski definition) is 4. The molecule has 0 unspecified atom stereocenters. The molecule has 126 valence electrons. The van der Waals surface area contributed by atoms with Gasteiger partial charge in [0.05, 0.1) is 30.3 Å². The average molecular weight is 343 g/mol. The second kappa shape index (κ2) is 7.20. The van der Waals surface area contributed by atoms with E-state index in [2.05, 4.69) is 21.8 Å². The van der Waals surface area contributed by atoms with Crippen molar-refractivity contribution < 1.29 is 8.42 Å². The SMILES string of the molecule is CCn1cc([C@@H]2CS(=O)(=O)CCN2CC#Cc2ccccc2)cn1. The lowest BCUT2D eigenvalue weighted by Gasteiger charge is -2.33. The van der Waals surface area contributed by atoms with Crippen molar-refractivity contribution in [3.63, 3.8) is 0 Å². The summed E-state index contributed by atoms with van der Waals surface area (Å²) in [5.41, 5.74) is 1.92. The van der Waals surface area contributed by atoms with Crippen LogP contribution in [-0.2, 0) is 16.4 Å². The van der Waals surface area contributed by atoms with Gasteiger partial charge in [0.15, 0.2) is 9.84 Å². The molecule has 1 aromatic heterocycles. The van der Waals surface area contributed by atoms with Gasteiger partial charge in [0.1, 0.15) is 0 Å². The monoisotopic (exact) mass is 343 g/mol. The van der Waals surface area contributed by atoms with Crippen molar-refractivity contribution in [3.8, 4) is 11.8 Å². The van der Waals surface area contributed by atoms with Crippen LogP contribution in [0.4, 0.5) is 0 Å². The first-order valence-electron chi connectivity index (χ1n) is 8.08. The van der Waals surface area contributed by atoms with Gasteiger partial charge in [-0.15, -0.1) is 0 Å². The molecule has 1 atom stereocenters. The molecule has 3 rings (SSSR count). The number of hydrogen-bond donors (Lipinski definition) is 0. The highest BCUT2D eigenvalue weighted by molar-refractivity contribution is 7.91. The number of benzene rings is 1. The highest BCUT2D eigenvalue weighted by Gasteiger charge is 2.32. The fraction of sp³-hybridized carbons (Fsp3) is 0.389. The van der Waals surface area contributed by atoms with Crippen molar-refractivity contribution in [2.45, 2.75) is 19.5 Å². The van der Waals surface area contributed by atoms with Crippen molar-refractivity contribution in [1.29, 1.82) is 0 Å². The van der Waals surface area contributed by atoms with E-state index in [0.29, 0.717) is 13.1 Å². The van der Waals surface area contributed by atoms with Crippen LogP contribution in [0, 0.1) is 11.8 Å². The quantitative estimate of drug-likeness (QED) is 0.797. The number of rotatable bonds is 3. The summed E-state index contributed by atoms with van der Waals surface area (Å²) in [6, 6.07) is 9.64. The Bertz CT molecular complexity index is 847. The molecule has 0 amide bonds. The summed E-state index contributed by atoms with van der Waals surface area (Å²) in [6.07, 6.45) is 3.70. The van der Waals surface area contributed by atoms with Crippen LogP contribution in [0.1, 0.15) is 24.1 Å². The maximum Gasteiger partial charge on any atom is 0.153 e. The molecule has 0 aliphatic carbocycles. The Morgan fingerprint density at radius 2 is 2.08 bits per heavy atom. The molecule has 6 heteroatoms. The van der Waals surface area contributed by atoms with Crippen molar-refractivity contribution >= 4 is 9.84 Å². The van der Waals surface area contributed by atoms with Crippen LogP contribution < -0.4 is 0 Å². The summed E-state index contributed by atoms with van der Waals surface area (Å²) in [7, 11) is -3.01. The molecule has 1 saturated heterocycles. The third-order valence-electron chi connectivity index (χ3n) is 4.19. The predicted octanol–water partition coefficient (Wildman–Crippen LogP) is 1.73. The molecule has 1 aromatic carbocycles. The molecule has 1 fully saturated rings. The Morgan fingerprint density at radius 3 is 2.79 bits per heavy atom. The van der Waals surface area contributed by atoms with Gasteiger partial charge >= 0.3 is 0 Å². The zero-order chi connectivity index (χ0) is 17.0. The van der Waals surface area contributed by atoms with Crippen LogP contribution >= 0.6 is 0 Å². The fourth-order valence-corrected chi connectivity index (χ4v) is 4.39. The Morgan fingerprint density at radius 1 is 1.29 bits per heavy atom. The molecule has 0 saturated carbocycles. The first-order valence-corrected chi connectivity index (χ1v) is 9.90. The van der Waals surface area contributed by atoms with Crippen LogP contribution in [0.3, 0.4) is 0 Å². The standard InChI is InChI=1S/C18H21N3O2S/c1-2-21-14-17(13-19-21)18-15-24(22,23)12-11-20(18)10-6-9-16-7-4-3-5-8-16/h3-5,7-8,13-14,18H,2,10-12,15H2,1H3/t18-/m0/s1. The molecule has 1 aliphatic rings. The fourth-order valence-electron chi connectivity index (χ4n) is 2.83. The lowest BCUT2D eigenvalue weighted by molar-refractivity contribution is 0.242. The van der Waals surface area contributed by atoms with E-state index in [1.165, 1.54) is 0 Å². The Labute approximate surface area is 143 Å². The molecule has 2 heterocycles. The number of aromatic nitrogens is 2. The van der Waals surface area contributed by atoms with Crippen molar-refractivity contribution in [3.05, 3.63) is 53.9 Å². The smallest absolute Gasteiger partial charge is 0.153 e. The van der Waals surface area contributed by atoms with Gasteiger partial charge in [-0.25, -0.2) is 8.42 Å². The minimum absolute atomic E-state index is 0.134. The Kier molecular flexibility index (Phi) is 5.03. The van der Waals surface area contributed by atoms with Gasteiger partial charge in [0.2, 0.25) is 0 Å². The topological polar surface area (TPSA) is 55.2 Å². The lowest BCUT2D eigenvalue weighted by Crippen LogP contribution is -2.43. The highest BCUT2D eigenvalue weighted by atomic mass is 32.2. The normalized spacial score (nSPS) is 20.3. The largest absolute Gasteiger partial charge is 0.283 e. The van der Waals surface area contributed by atoms with Crippen LogP contribution in [0.15, 0.2) is 42.7 Å². The number of sulfone groups is 1. The second-order valence-corrected chi connectivity index (χ2v) is 8.13. The molecule has 0 radical (unpaired) electrons. The maximum atomic E-state index is 12.1. The highest BCUT2D eigenvalue weighted by Crippen LogP contribution is 2.26. The first kappa shape index (κ1) is 16.7. The Balaban J connectivity index is 1.78. The predicted molar refractivity (Wildman–Crippen MR) is 94.2 cm³/mol. The van der Waals surface area contributed by atoms with Crippen molar-refractivity contribution in [2.75, 3.05) is 24.6 Å². The number of nitrogens with zero attached hydrogens (tertiary/aromatic N) is 3. The molecular weight excluding hydrogens is 322 g/mol.